The van der Waals surface area contributed by atoms with Crippen molar-refractivity contribution in [2.45, 2.75) is 33.6 Å². The number of nitrogens with one attached hydrogen (secondary N) is 1. The van der Waals surface area contributed by atoms with Gasteiger partial charge in [-0.05, 0) is 74.7 Å². The third-order valence-electron chi connectivity index (χ3n) is 5.56. The lowest BCUT2D eigenvalue weighted by atomic mass is 10.1. The van der Waals surface area contributed by atoms with E-state index in [0.717, 1.165) is 37.7 Å². The Bertz CT molecular complexity index is 1320. The van der Waals surface area contributed by atoms with Gasteiger partial charge in [-0.2, -0.15) is 5.10 Å². The summed E-state index contributed by atoms with van der Waals surface area (Å²) >= 11 is 1.64. The van der Waals surface area contributed by atoms with E-state index in [1.165, 1.54) is 5.56 Å². The van der Waals surface area contributed by atoms with E-state index in [4.69, 9.17) is 4.74 Å². The molecule has 0 aliphatic carbocycles. The quantitative estimate of drug-likeness (QED) is 0.401. The lowest BCUT2D eigenvalue weighted by Crippen LogP contribution is -2.21. The van der Waals surface area contributed by atoms with Gasteiger partial charge in [0.15, 0.2) is 6.61 Å². The Morgan fingerprint density at radius 1 is 1.09 bits per heavy atom. The Kier molecular flexibility index (Phi) is 6.55. The Hall–Kier alpha value is -3.52. The number of fused-ring (bicyclic) bond motifs is 1. The van der Waals surface area contributed by atoms with Crippen molar-refractivity contribution in [2.75, 3.05) is 11.9 Å². The number of carbonyl (C=O) groups excluding carboxylic acids is 2. The third-order valence-corrected chi connectivity index (χ3v) is 6.63. The second-order valence-corrected chi connectivity index (χ2v) is 9.08. The summed E-state index contributed by atoms with van der Waals surface area (Å²) in [6, 6.07) is 13.7. The van der Waals surface area contributed by atoms with Crippen molar-refractivity contribution in [3.05, 3.63) is 65.0 Å². The summed E-state index contributed by atoms with van der Waals surface area (Å²) in [5.41, 5.74) is 6.79. The molecule has 0 radical (unpaired) electrons. The van der Waals surface area contributed by atoms with Gasteiger partial charge in [0.2, 0.25) is 0 Å². The van der Waals surface area contributed by atoms with Gasteiger partial charge in [-0.15, -0.1) is 11.3 Å². The van der Waals surface area contributed by atoms with Crippen LogP contribution in [0.1, 0.15) is 28.9 Å². The average Bonchev–Trinajstić information content (AvgIpc) is 3.31. The van der Waals surface area contributed by atoms with E-state index in [-0.39, 0.29) is 18.9 Å². The van der Waals surface area contributed by atoms with Crippen molar-refractivity contribution in [3.8, 4) is 10.6 Å². The number of nitrogens with zero attached hydrogens (tertiary/aromatic N) is 3. The van der Waals surface area contributed by atoms with Crippen molar-refractivity contribution in [3.63, 3.8) is 0 Å². The molecule has 0 unspecified atom stereocenters. The molecule has 7 nitrogen and oxygen atoms in total. The smallest absolute Gasteiger partial charge is 0.306 e. The van der Waals surface area contributed by atoms with Crippen LogP contribution < -0.4 is 5.32 Å². The first-order chi connectivity index (χ1) is 15.8. The van der Waals surface area contributed by atoms with Crippen LogP contribution in [0.15, 0.2) is 42.5 Å². The van der Waals surface area contributed by atoms with E-state index in [2.05, 4.69) is 34.5 Å². The fourth-order valence-electron chi connectivity index (χ4n) is 3.67. The van der Waals surface area contributed by atoms with Crippen LogP contribution in [0.25, 0.3) is 20.8 Å². The molecule has 0 saturated heterocycles. The topological polar surface area (TPSA) is 86.1 Å². The molecule has 2 aromatic carbocycles. The molecule has 0 aliphatic rings. The highest BCUT2D eigenvalue weighted by Crippen LogP contribution is 2.31. The van der Waals surface area contributed by atoms with Crippen molar-refractivity contribution >= 4 is 39.1 Å². The number of thiazole rings is 1. The fourth-order valence-corrected chi connectivity index (χ4v) is 4.74. The highest BCUT2D eigenvalue weighted by atomic mass is 32.1. The first-order valence-corrected chi connectivity index (χ1v) is 11.5. The Labute approximate surface area is 196 Å². The number of rotatable bonds is 7. The van der Waals surface area contributed by atoms with E-state index in [9.17, 15) is 9.59 Å². The monoisotopic (exact) mass is 462 g/mol. The van der Waals surface area contributed by atoms with E-state index >= 15 is 0 Å². The van der Waals surface area contributed by atoms with Crippen LogP contribution in [0.2, 0.25) is 0 Å². The number of hydrogen-bond acceptors (Lipinski definition) is 6. The van der Waals surface area contributed by atoms with E-state index < -0.39 is 5.97 Å². The van der Waals surface area contributed by atoms with E-state index in [0.29, 0.717) is 12.1 Å². The predicted molar refractivity (Wildman–Crippen MR) is 130 cm³/mol. The molecule has 170 valence electrons. The van der Waals surface area contributed by atoms with Crippen LogP contribution in [0.4, 0.5) is 5.69 Å². The second-order valence-electron chi connectivity index (χ2n) is 8.05. The average molecular weight is 463 g/mol. The van der Waals surface area contributed by atoms with Crippen LogP contribution in [0.3, 0.4) is 0 Å². The van der Waals surface area contributed by atoms with Gasteiger partial charge < -0.3 is 10.1 Å². The molecule has 0 spiro atoms. The zero-order valence-electron chi connectivity index (χ0n) is 19.1. The summed E-state index contributed by atoms with van der Waals surface area (Å²) in [4.78, 5) is 28.9. The Morgan fingerprint density at radius 2 is 1.85 bits per heavy atom. The standard InChI is InChI=1S/C25H26N4O3S/c1-15-5-11-21-22(13-15)33-25(27-21)18-6-8-19(9-7-18)26-23(30)14-32-24(31)12-10-20-16(2)28-29(4)17(20)3/h5-9,11,13H,10,12,14H2,1-4H3,(H,26,30). The van der Waals surface area contributed by atoms with Crippen LogP contribution in [0, 0.1) is 20.8 Å². The van der Waals surface area contributed by atoms with Gasteiger partial charge in [0.1, 0.15) is 5.01 Å². The summed E-state index contributed by atoms with van der Waals surface area (Å²) in [7, 11) is 1.88. The molecule has 4 rings (SSSR count). The molecule has 2 aromatic heterocycles. The SMILES string of the molecule is Cc1ccc2nc(-c3ccc(NC(=O)COC(=O)CCc4c(C)nn(C)c4C)cc3)sc2c1. The number of hydrogen-bond donors (Lipinski definition) is 1. The summed E-state index contributed by atoms with van der Waals surface area (Å²) < 4.78 is 8.08. The van der Waals surface area contributed by atoms with Gasteiger partial charge in [0.25, 0.3) is 5.91 Å². The first-order valence-electron chi connectivity index (χ1n) is 10.7. The highest BCUT2D eigenvalue weighted by Gasteiger charge is 2.13. The van der Waals surface area contributed by atoms with Crippen molar-refractivity contribution < 1.29 is 14.3 Å². The van der Waals surface area contributed by atoms with Gasteiger partial charge in [-0.3, -0.25) is 14.3 Å². The first kappa shape index (κ1) is 22.7. The molecular weight excluding hydrogens is 436 g/mol. The second kappa shape index (κ2) is 9.54. The molecule has 2 heterocycles. The molecule has 0 bridgehead atoms. The zero-order valence-corrected chi connectivity index (χ0v) is 20.0. The number of carbonyl (C=O) groups is 2. The summed E-state index contributed by atoms with van der Waals surface area (Å²) in [5.74, 6) is -0.783. The number of anilines is 1. The molecule has 1 N–H and O–H groups in total. The minimum absolute atomic E-state index is 0.205. The third kappa shape index (κ3) is 5.28. The van der Waals surface area contributed by atoms with Crippen molar-refractivity contribution in [2.24, 2.45) is 7.05 Å². The maximum atomic E-state index is 12.2. The van der Waals surface area contributed by atoms with Gasteiger partial charge in [-0.1, -0.05) is 6.07 Å². The minimum Gasteiger partial charge on any atom is -0.456 e. The molecular formula is C25H26N4O3S. The summed E-state index contributed by atoms with van der Waals surface area (Å²) in [5, 5.41) is 8.04. The van der Waals surface area contributed by atoms with Crippen LogP contribution in [0.5, 0.6) is 0 Å². The molecule has 33 heavy (non-hydrogen) atoms. The van der Waals surface area contributed by atoms with Gasteiger partial charge in [0.05, 0.1) is 15.9 Å². The lowest BCUT2D eigenvalue weighted by molar-refractivity contribution is -0.147. The Balaban J connectivity index is 1.28. The van der Waals surface area contributed by atoms with Gasteiger partial charge in [-0.25, -0.2) is 4.98 Å². The highest BCUT2D eigenvalue weighted by molar-refractivity contribution is 7.21. The largest absolute Gasteiger partial charge is 0.456 e. The van der Waals surface area contributed by atoms with Gasteiger partial charge in [0, 0.05) is 30.4 Å². The van der Waals surface area contributed by atoms with E-state index in [1.807, 2.05) is 51.2 Å². The number of ether oxygens (including phenoxy) is 1. The number of aromatic nitrogens is 3. The van der Waals surface area contributed by atoms with E-state index in [1.54, 1.807) is 16.0 Å². The van der Waals surface area contributed by atoms with Crippen LogP contribution >= 0.6 is 11.3 Å². The number of aryl methyl sites for hydroxylation is 3. The molecule has 0 saturated carbocycles. The molecule has 0 fully saturated rings. The van der Waals surface area contributed by atoms with Crippen LogP contribution in [-0.4, -0.2) is 33.2 Å². The molecule has 1 amide bonds. The van der Waals surface area contributed by atoms with Gasteiger partial charge >= 0.3 is 5.97 Å². The molecule has 8 heteroatoms. The number of amides is 1. The molecule has 4 aromatic rings. The van der Waals surface area contributed by atoms with Crippen molar-refractivity contribution in [1.82, 2.24) is 14.8 Å². The molecule has 0 aliphatic heterocycles. The number of benzene rings is 2. The predicted octanol–water partition coefficient (Wildman–Crippen LogP) is 4.74. The fraction of sp³-hybridized carbons (Fsp3) is 0.280. The van der Waals surface area contributed by atoms with Crippen molar-refractivity contribution in [1.29, 1.82) is 0 Å². The summed E-state index contributed by atoms with van der Waals surface area (Å²) in [6.45, 7) is 5.64. The number of esters is 1. The minimum atomic E-state index is -0.408. The normalized spacial score (nSPS) is 11.0. The Morgan fingerprint density at radius 3 is 2.55 bits per heavy atom. The van der Waals surface area contributed by atoms with Crippen LogP contribution in [-0.2, 0) is 27.8 Å². The maximum Gasteiger partial charge on any atom is 0.306 e. The molecule has 0 atom stereocenters. The summed E-state index contributed by atoms with van der Waals surface area (Å²) in [6.07, 6.45) is 0.746. The zero-order chi connectivity index (χ0) is 23.5. The maximum absolute atomic E-state index is 12.2. The lowest BCUT2D eigenvalue weighted by Gasteiger charge is -2.07.